The number of likely N-dealkylation sites (tertiary alicyclic amines) is 2. The van der Waals surface area contributed by atoms with Crippen LogP contribution in [-0.2, 0) is 81.3 Å². The van der Waals surface area contributed by atoms with E-state index in [9.17, 15) is 72.9 Å². The number of carbonyl (C=O) groups is 17. The number of carboxylic acids is 3. The van der Waals surface area contributed by atoms with Gasteiger partial charge in [-0.15, -0.1) is 0 Å². The molecule has 4 heterocycles. The molecule has 0 saturated carbocycles. The second kappa shape index (κ2) is 59.4. The lowest BCUT2D eigenvalue weighted by Gasteiger charge is -2.45. The highest BCUT2D eigenvalue weighted by atomic mass is 16.6. The van der Waals surface area contributed by atoms with Gasteiger partial charge in [0.05, 0.1) is 84.5 Å². The zero-order valence-corrected chi connectivity index (χ0v) is 93.9. The zero-order valence-electron chi connectivity index (χ0n) is 93.9. The standard InChI is InChI=1S/C84H128N8O19.C13H20N2O.C10H15O3.C4H11N.C2H6O/c1-22-26-38-87-68(96)61(57(74(103)104)47-84(16,17)64(77(108)110-25-4)58(75(105)106)48-80(8,9)59-49(5)76(107)111-78(59)109)81(10,11)44-54-62(71(99)91(69(54)97)42-27-23-2)82(12,13)45-55-63(72(100)92(70(55)98)43-29-41-86-66(94)51-32-36-53(37-33-51)90(20)21)83(14,15)46-56(73(101)102)60(79(6,7)24-3)67(95)88-40-28-39-85-65(93)50-30-34-52(35-31-50)89(18)19;1-15(2)12-8-6-11(7-9-12)13(16)5-3-4-10-14;1-5-10(3,4)7-6(2)8(11)13-9(7)12;1-2-3-4-5;1-2-3/h30-37,49,54-64H,22-29,38-48H2,1-21H3,(H,85,93)(H,86,94)(H,87,96)(H,88,95)(H,101,102)(H,103,104)(H,105,106);6-9H,3-5,10,14H2,1-2H3;6-7H,2,5H2,1,3-4H3;2-5H2,1H3;3H,2H2,1H3/q;;+1;;. The first-order valence-electron chi connectivity index (χ1n) is 52.8. The third-order valence-electron chi connectivity index (χ3n) is 30.0. The van der Waals surface area contributed by atoms with Crippen LogP contribution in [0.15, 0.2) is 72.8 Å². The van der Waals surface area contributed by atoms with E-state index in [1.54, 1.807) is 113 Å². The van der Waals surface area contributed by atoms with Crippen LogP contribution in [0, 0.1) is 128 Å². The van der Waals surface area contributed by atoms with Crippen LogP contribution in [0.2, 0.25) is 0 Å². The third-order valence-corrected chi connectivity index (χ3v) is 30.0. The number of hydrogen-bond donors (Lipinski definition) is 10. The van der Waals surface area contributed by atoms with Crippen LogP contribution in [0.25, 0.3) is 0 Å². The Hall–Kier alpha value is -11.2. The van der Waals surface area contributed by atoms with Crippen molar-refractivity contribution >= 4 is 118 Å². The Morgan fingerprint density at radius 1 is 0.412 bits per heavy atom. The van der Waals surface area contributed by atoms with Crippen molar-refractivity contribution < 1.29 is 116 Å². The first-order valence-corrected chi connectivity index (χ1v) is 52.8. The molecule has 4 fully saturated rings. The third kappa shape index (κ3) is 36.3. The molecule has 4 aliphatic rings. The fraction of sp³-hybridized carbons (Fsp3) is 0.681. The zero-order chi connectivity index (χ0) is 113. The lowest BCUT2D eigenvalue weighted by molar-refractivity contribution is -0.168. The van der Waals surface area contributed by atoms with E-state index in [4.69, 9.17) is 26.0 Å². The lowest BCUT2D eigenvalue weighted by Crippen LogP contribution is -2.51. The molecule has 8 amide bonds. The van der Waals surface area contributed by atoms with Crippen molar-refractivity contribution in [2.45, 2.75) is 268 Å². The summed E-state index contributed by atoms with van der Waals surface area (Å²) in [6, 6.07) is 21.7. The minimum Gasteiger partial charge on any atom is -0.481 e. The molecule has 4 aliphatic heterocycles. The van der Waals surface area contributed by atoms with Crippen LogP contribution >= 0.6 is 0 Å². The number of hydrogen-bond acceptors (Lipinski definition) is 26. The maximum Gasteiger partial charge on any atom is 0.362 e. The maximum atomic E-state index is 15.7. The summed E-state index contributed by atoms with van der Waals surface area (Å²) >= 11 is 0. The van der Waals surface area contributed by atoms with Crippen LogP contribution in [0.1, 0.15) is 299 Å². The number of rotatable bonds is 55. The minimum atomic E-state index is -1.74. The van der Waals surface area contributed by atoms with Gasteiger partial charge in [0.25, 0.3) is 11.8 Å². The Bertz CT molecular complexity index is 4910. The smallest absolute Gasteiger partial charge is 0.362 e. The summed E-state index contributed by atoms with van der Waals surface area (Å²) in [5, 5.41) is 53.4. The number of anilines is 3. The normalized spacial score (nSPS) is 19.2. The molecule has 3 aromatic carbocycles. The minimum absolute atomic E-state index is 0.0225. The topological polar surface area (TPSA) is 515 Å². The largest absolute Gasteiger partial charge is 0.481 e. The SMILES string of the molecule is CCCCN.CCCCNC(=O)C(C(CC(C)(C)C(C(=O)OCC)C(CC(C)(C)C1C(=O)OC(=O)C1C)C(=O)O)C(=O)O)C(C)(C)CC1C(=O)N(CCCC)C(=O)C1C(C)(C)CC1C(=O)N(CCCNC(=O)c2ccc(N(C)C)cc2)C(=O)C1C(C)(C)CC(C(=O)O)C(C(=O)NCCCNC(=O)c1ccc(N(C)C)cc1)C(C)(C)CC.CCO.CN(C)c1ccc(C(=O)CCCCN)cc1.[CH2+]C1C(=O)OC(=O)C1C(C)(C)CC. The van der Waals surface area contributed by atoms with E-state index in [0.717, 1.165) is 58.2 Å². The average molecular weight is 2080 g/mol. The molecule has 0 radical (unpaired) electrons. The molecule has 12 N–H and O–H groups in total. The number of nitrogens with zero attached hydrogens (tertiary/aromatic N) is 5. The van der Waals surface area contributed by atoms with E-state index >= 15 is 24.0 Å². The number of carbonyl (C=O) groups excluding carboxylic acids is 14. The predicted octanol–water partition coefficient (Wildman–Crippen LogP) is 14.5. The molecule has 148 heavy (non-hydrogen) atoms. The van der Waals surface area contributed by atoms with Gasteiger partial charge in [-0.05, 0) is 221 Å². The van der Waals surface area contributed by atoms with Crippen molar-refractivity contribution in [3.05, 3.63) is 96.4 Å². The first kappa shape index (κ1) is 131. The second-order valence-corrected chi connectivity index (χ2v) is 45.3. The van der Waals surface area contributed by atoms with Crippen LogP contribution in [0.5, 0.6) is 0 Å². The fourth-order valence-corrected chi connectivity index (χ4v) is 21.2. The van der Waals surface area contributed by atoms with Gasteiger partial charge in [0.15, 0.2) is 5.78 Å². The summed E-state index contributed by atoms with van der Waals surface area (Å²) in [6.07, 6.45) is 6.53. The van der Waals surface area contributed by atoms with Gasteiger partial charge >= 0.3 is 47.8 Å². The number of aliphatic hydroxyl groups is 1. The Kier molecular flexibility index (Phi) is 52.6. The quantitative estimate of drug-likeness (QED) is 0.00477. The molecule has 14 unspecified atom stereocenters. The number of ketones is 1. The number of esters is 5. The number of aliphatic hydroxyl groups excluding tert-OH is 1. The molecule has 14 atom stereocenters. The fourth-order valence-electron chi connectivity index (χ4n) is 21.2. The maximum absolute atomic E-state index is 15.7. The summed E-state index contributed by atoms with van der Waals surface area (Å²) < 4.78 is 15.1. The van der Waals surface area contributed by atoms with E-state index in [1.807, 2.05) is 135 Å². The summed E-state index contributed by atoms with van der Waals surface area (Å²) in [6.45, 7) is 43.4. The molecule has 3 aromatic rings. The monoisotopic (exact) mass is 2080 g/mol. The molecular weight excluding hydrogens is 1900 g/mol. The number of benzene rings is 3. The first-order chi connectivity index (χ1) is 68.9. The molecule has 35 nitrogen and oxygen atoms in total. The van der Waals surface area contributed by atoms with E-state index in [1.165, 1.54) is 40.5 Å². The molecule has 0 aromatic heterocycles. The molecule has 35 heteroatoms. The number of carboxylic acid groups (broad SMARTS) is 3. The van der Waals surface area contributed by atoms with Gasteiger partial charge < -0.3 is 82.1 Å². The van der Waals surface area contributed by atoms with E-state index in [2.05, 4.69) is 39.9 Å². The number of aliphatic carboxylic acids is 3. The Morgan fingerprint density at radius 2 is 0.784 bits per heavy atom. The van der Waals surface area contributed by atoms with Gasteiger partial charge in [-0.25, -0.2) is 4.79 Å². The number of nitrogens with two attached hydrogens (primary N) is 2. The predicted molar refractivity (Wildman–Crippen MR) is 571 cm³/mol. The molecule has 830 valence electrons. The molecule has 7 rings (SSSR count). The molecule has 4 saturated heterocycles. The molecule has 0 spiro atoms. The van der Waals surface area contributed by atoms with Crippen LogP contribution in [0.4, 0.5) is 17.1 Å². The number of imide groups is 2. The second-order valence-electron chi connectivity index (χ2n) is 45.3. The Balaban J connectivity index is 0.00000126. The number of cyclic esters (lactones) is 4. The van der Waals surface area contributed by atoms with Crippen molar-refractivity contribution in [2.75, 3.05) is 123 Å². The Labute approximate surface area is 879 Å². The van der Waals surface area contributed by atoms with Crippen LogP contribution < -0.4 is 47.4 Å². The highest BCUT2D eigenvalue weighted by Gasteiger charge is 2.63. The molecule has 0 bridgehead atoms. The van der Waals surface area contributed by atoms with Crippen molar-refractivity contribution in [3.63, 3.8) is 0 Å². The highest BCUT2D eigenvalue weighted by Crippen LogP contribution is 2.57. The Morgan fingerprint density at radius 3 is 1.16 bits per heavy atom. The van der Waals surface area contributed by atoms with E-state index in [-0.39, 0.29) is 108 Å². The van der Waals surface area contributed by atoms with Crippen LogP contribution in [-0.4, -0.2) is 239 Å². The molecule has 0 aliphatic carbocycles. The number of ether oxygens (including phenoxy) is 3. The summed E-state index contributed by atoms with van der Waals surface area (Å²) in [5.41, 5.74) is 6.42. The average Bonchev–Trinajstić information content (AvgIpc) is 1.59. The van der Waals surface area contributed by atoms with Gasteiger partial charge in [0, 0.05) is 128 Å². The van der Waals surface area contributed by atoms with Gasteiger partial charge in [0.2, 0.25) is 41.4 Å². The van der Waals surface area contributed by atoms with Crippen molar-refractivity contribution in [2.24, 2.45) is 132 Å². The van der Waals surface area contributed by atoms with Gasteiger partial charge in [-0.1, -0.05) is 164 Å². The number of amides is 8. The van der Waals surface area contributed by atoms with E-state index in [0.29, 0.717) is 62.6 Å². The number of Topliss-reactive ketones (excluding diaryl/α,β-unsaturated/α-hetero) is 1. The van der Waals surface area contributed by atoms with Gasteiger partial charge in [-0.3, -0.25) is 86.5 Å². The molecular formula is C113H180N11O24+. The van der Waals surface area contributed by atoms with Gasteiger partial charge in [-0.2, -0.15) is 0 Å². The van der Waals surface area contributed by atoms with Crippen molar-refractivity contribution in [1.29, 1.82) is 0 Å². The van der Waals surface area contributed by atoms with E-state index < -0.39 is 205 Å². The number of nitrogens with one attached hydrogen (secondary N) is 4. The summed E-state index contributed by atoms with van der Waals surface area (Å²) in [7, 11) is 11.5. The highest BCUT2D eigenvalue weighted by molar-refractivity contribution is 6.07. The summed E-state index contributed by atoms with van der Waals surface area (Å²) in [4.78, 5) is 244. The van der Waals surface area contributed by atoms with Gasteiger partial charge in [0.1, 0.15) is 5.92 Å². The summed E-state index contributed by atoms with van der Waals surface area (Å²) in [5.74, 6) is -29.8. The van der Waals surface area contributed by atoms with Crippen molar-refractivity contribution in [3.8, 4) is 0 Å². The lowest BCUT2D eigenvalue weighted by atomic mass is 9.57. The van der Waals surface area contributed by atoms with Crippen molar-refractivity contribution in [1.82, 2.24) is 31.1 Å². The number of unbranched alkanes of at least 4 members (excludes halogenated alkanes) is 4. The van der Waals surface area contributed by atoms with Crippen LogP contribution in [0.3, 0.4) is 0 Å².